The van der Waals surface area contributed by atoms with Gasteiger partial charge in [0.25, 0.3) is 0 Å². The Labute approximate surface area is 130 Å². The second-order valence-electron chi connectivity index (χ2n) is 6.08. The molecule has 0 aromatic heterocycles. The topological polar surface area (TPSA) is 53.5 Å². The van der Waals surface area contributed by atoms with Gasteiger partial charge in [-0.3, -0.25) is 10.3 Å². The Bertz CT molecular complexity index is 558. The molecule has 0 aliphatic carbocycles. The first-order valence-corrected chi connectivity index (χ1v) is 7.85. The second-order valence-corrected chi connectivity index (χ2v) is 6.08. The van der Waals surface area contributed by atoms with Crippen LogP contribution in [0.4, 0.5) is 4.39 Å². The molecule has 4 atom stereocenters. The van der Waals surface area contributed by atoms with Gasteiger partial charge in [-0.2, -0.15) is 0 Å². The van der Waals surface area contributed by atoms with E-state index in [2.05, 4.69) is 17.7 Å². The van der Waals surface area contributed by atoms with Crippen molar-refractivity contribution in [1.82, 2.24) is 10.8 Å². The molecule has 0 saturated carbocycles. The Morgan fingerprint density at radius 3 is 2.73 bits per heavy atom. The maximum atomic E-state index is 13.2. The third kappa shape index (κ3) is 2.76. The number of rotatable bonds is 4. The number of aliphatic hydroxyl groups is 1. The maximum Gasteiger partial charge on any atom is 0.123 e. The zero-order valence-corrected chi connectivity index (χ0v) is 13.0. The van der Waals surface area contributed by atoms with Crippen LogP contribution in [0, 0.1) is 5.82 Å². The monoisotopic (exact) mass is 306 g/mol. The summed E-state index contributed by atoms with van der Waals surface area (Å²) in [5.41, 5.74) is 6.19. The third-order valence-corrected chi connectivity index (χ3v) is 4.76. The first-order chi connectivity index (χ1) is 10.6. The van der Waals surface area contributed by atoms with E-state index in [-0.39, 0.29) is 23.9 Å². The van der Waals surface area contributed by atoms with E-state index in [1.54, 1.807) is 7.11 Å². The van der Waals surface area contributed by atoms with Crippen LogP contribution in [-0.4, -0.2) is 30.4 Å². The molecule has 22 heavy (non-hydrogen) atoms. The predicted octanol–water partition coefficient (Wildman–Crippen LogP) is 2.22. The molecular formula is C17H23FN2O2. The van der Waals surface area contributed by atoms with Gasteiger partial charge in [0.2, 0.25) is 0 Å². The van der Waals surface area contributed by atoms with E-state index >= 15 is 0 Å². The van der Waals surface area contributed by atoms with Gasteiger partial charge >= 0.3 is 0 Å². The molecule has 3 N–H and O–H groups in total. The number of hydrogen-bond donors (Lipinski definition) is 3. The van der Waals surface area contributed by atoms with Crippen molar-refractivity contribution in [2.24, 2.45) is 0 Å². The zero-order chi connectivity index (χ0) is 15.7. The Morgan fingerprint density at radius 2 is 2.09 bits per heavy atom. The summed E-state index contributed by atoms with van der Waals surface area (Å²) in [4.78, 5) is 5.12. The smallest absolute Gasteiger partial charge is 0.123 e. The van der Waals surface area contributed by atoms with E-state index in [0.29, 0.717) is 6.04 Å². The van der Waals surface area contributed by atoms with Crippen molar-refractivity contribution in [3.05, 3.63) is 46.9 Å². The molecule has 2 heterocycles. The van der Waals surface area contributed by atoms with E-state index in [9.17, 15) is 9.50 Å². The van der Waals surface area contributed by atoms with Crippen LogP contribution in [0.5, 0.6) is 0 Å². The molecule has 0 spiro atoms. The molecule has 2 saturated heterocycles. The van der Waals surface area contributed by atoms with E-state index in [4.69, 9.17) is 4.84 Å². The van der Waals surface area contributed by atoms with Gasteiger partial charge in [-0.25, -0.2) is 4.39 Å². The first kappa shape index (κ1) is 15.5. The standard InChI is InChI=1S/C17H23FN2O2/c1-3-14(20-22-2)16-13(10-4-6-11(18)7-5-10)8-12-9-15(21)17(16)19-12/h4-7,12-13,15,17,19-21H,3,8-9H2,1-2H3/t12?,13-,15?,17-/m1/s1. The number of hydroxylamine groups is 1. The molecular weight excluding hydrogens is 283 g/mol. The van der Waals surface area contributed by atoms with Crippen molar-refractivity contribution in [2.45, 2.75) is 50.3 Å². The molecule has 2 unspecified atom stereocenters. The third-order valence-electron chi connectivity index (χ3n) is 4.76. The van der Waals surface area contributed by atoms with Gasteiger partial charge in [0.1, 0.15) is 5.82 Å². The second kappa shape index (κ2) is 6.36. The van der Waals surface area contributed by atoms with Crippen molar-refractivity contribution in [2.75, 3.05) is 7.11 Å². The molecule has 3 rings (SSSR count). The molecule has 1 aromatic rings. The maximum absolute atomic E-state index is 13.2. The number of nitrogens with one attached hydrogen (secondary N) is 2. The van der Waals surface area contributed by atoms with Gasteiger partial charge in [0.15, 0.2) is 0 Å². The van der Waals surface area contributed by atoms with Gasteiger partial charge in [-0.05, 0) is 42.5 Å². The minimum absolute atomic E-state index is 0.0635. The fraction of sp³-hybridized carbons (Fsp3) is 0.529. The molecule has 2 aliphatic rings. The number of benzene rings is 1. The summed E-state index contributed by atoms with van der Waals surface area (Å²) < 4.78 is 13.2. The number of fused-ring (bicyclic) bond motifs is 2. The summed E-state index contributed by atoms with van der Waals surface area (Å²) in [6.07, 6.45) is 2.07. The Balaban J connectivity index is 2.04. The van der Waals surface area contributed by atoms with E-state index in [1.807, 2.05) is 12.1 Å². The SMILES string of the molecule is CCC(NOC)=C1[C@@H](c2ccc(F)cc2)CC2CC(O)[C@H]1N2. The number of halogens is 1. The average molecular weight is 306 g/mol. The molecule has 1 aromatic carbocycles. The van der Waals surface area contributed by atoms with Gasteiger partial charge in [0.05, 0.1) is 19.3 Å². The summed E-state index contributed by atoms with van der Waals surface area (Å²) in [6.45, 7) is 2.06. The van der Waals surface area contributed by atoms with E-state index in [1.165, 1.54) is 12.1 Å². The largest absolute Gasteiger partial charge is 0.391 e. The molecule has 5 heteroatoms. The lowest BCUT2D eigenvalue weighted by molar-refractivity contribution is 0.111. The van der Waals surface area contributed by atoms with Gasteiger partial charge in [0, 0.05) is 17.7 Å². The Kier molecular flexibility index (Phi) is 4.47. The molecule has 120 valence electrons. The summed E-state index contributed by atoms with van der Waals surface area (Å²) in [5.74, 6) is -0.0523. The van der Waals surface area contributed by atoms with Crippen LogP contribution in [0.15, 0.2) is 35.5 Å². The number of hydrogen-bond acceptors (Lipinski definition) is 4. The highest BCUT2D eigenvalue weighted by Crippen LogP contribution is 2.43. The molecule has 4 nitrogen and oxygen atoms in total. The van der Waals surface area contributed by atoms with Crippen LogP contribution in [0.25, 0.3) is 0 Å². The molecule has 0 radical (unpaired) electrons. The number of allylic oxidation sites excluding steroid dienone is 1. The van der Waals surface area contributed by atoms with E-state index in [0.717, 1.165) is 36.1 Å². The highest BCUT2D eigenvalue weighted by Gasteiger charge is 2.44. The van der Waals surface area contributed by atoms with Crippen LogP contribution in [0.2, 0.25) is 0 Å². The number of piperidine rings is 1. The van der Waals surface area contributed by atoms with Crippen molar-refractivity contribution in [1.29, 1.82) is 0 Å². The van der Waals surface area contributed by atoms with Crippen LogP contribution >= 0.6 is 0 Å². The first-order valence-electron chi connectivity index (χ1n) is 7.85. The summed E-state index contributed by atoms with van der Waals surface area (Å²) in [7, 11) is 1.59. The average Bonchev–Trinajstić information content (AvgIpc) is 2.81. The molecule has 2 fully saturated rings. The normalized spacial score (nSPS) is 32.9. The Hall–Kier alpha value is -1.43. The fourth-order valence-electron chi connectivity index (χ4n) is 3.82. The number of aliphatic hydroxyl groups excluding tert-OH is 1. The summed E-state index contributed by atoms with van der Waals surface area (Å²) >= 11 is 0. The van der Waals surface area contributed by atoms with Crippen LogP contribution in [-0.2, 0) is 4.84 Å². The lowest BCUT2D eigenvalue weighted by Gasteiger charge is -2.35. The predicted molar refractivity (Wildman–Crippen MR) is 82.6 cm³/mol. The van der Waals surface area contributed by atoms with Gasteiger partial charge in [-0.15, -0.1) is 0 Å². The zero-order valence-electron chi connectivity index (χ0n) is 13.0. The fourth-order valence-corrected chi connectivity index (χ4v) is 3.82. The van der Waals surface area contributed by atoms with Crippen molar-refractivity contribution < 1.29 is 14.3 Å². The highest BCUT2D eigenvalue weighted by molar-refractivity contribution is 5.39. The lowest BCUT2D eigenvalue weighted by atomic mass is 9.80. The quantitative estimate of drug-likeness (QED) is 0.747. The minimum Gasteiger partial charge on any atom is -0.391 e. The highest BCUT2D eigenvalue weighted by atomic mass is 19.1. The minimum atomic E-state index is -0.384. The van der Waals surface area contributed by atoms with Crippen molar-refractivity contribution in [3.63, 3.8) is 0 Å². The van der Waals surface area contributed by atoms with Gasteiger partial charge < -0.3 is 10.4 Å². The van der Waals surface area contributed by atoms with Crippen LogP contribution in [0.1, 0.15) is 37.7 Å². The summed E-state index contributed by atoms with van der Waals surface area (Å²) in [6, 6.07) is 6.94. The van der Waals surface area contributed by atoms with Crippen molar-refractivity contribution >= 4 is 0 Å². The summed E-state index contributed by atoms with van der Waals surface area (Å²) in [5, 5.41) is 13.9. The molecule has 2 bridgehead atoms. The van der Waals surface area contributed by atoms with Crippen LogP contribution < -0.4 is 10.8 Å². The Morgan fingerprint density at radius 1 is 1.36 bits per heavy atom. The van der Waals surface area contributed by atoms with Gasteiger partial charge in [-0.1, -0.05) is 19.1 Å². The molecule has 2 aliphatic heterocycles. The van der Waals surface area contributed by atoms with Crippen LogP contribution in [0.3, 0.4) is 0 Å². The van der Waals surface area contributed by atoms with Crippen molar-refractivity contribution in [3.8, 4) is 0 Å². The lowest BCUT2D eigenvalue weighted by Crippen LogP contribution is -2.44. The van der Waals surface area contributed by atoms with E-state index < -0.39 is 0 Å². The molecule has 0 amide bonds.